The minimum absolute atomic E-state index is 0.0219. The van der Waals surface area contributed by atoms with Gasteiger partial charge in [0, 0.05) is 18.7 Å². The van der Waals surface area contributed by atoms with Crippen LogP contribution < -0.4 is 4.90 Å². The van der Waals surface area contributed by atoms with Crippen LogP contribution in [-0.4, -0.2) is 22.3 Å². The summed E-state index contributed by atoms with van der Waals surface area (Å²) in [5, 5.41) is 0. The Labute approximate surface area is 163 Å². The topological polar surface area (TPSA) is 46.1 Å². The van der Waals surface area contributed by atoms with E-state index in [-0.39, 0.29) is 17.5 Å². The van der Waals surface area contributed by atoms with E-state index in [9.17, 15) is 9.18 Å². The molecule has 0 spiro atoms. The Kier molecular flexibility index (Phi) is 3.97. The number of halogens is 1. The molecule has 5 heteroatoms. The first-order valence-electron chi connectivity index (χ1n) is 9.62. The van der Waals surface area contributed by atoms with Crippen molar-refractivity contribution >= 4 is 17.4 Å². The van der Waals surface area contributed by atoms with Crippen molar-refractivity contribution in [3.05, 3.63) is 82.4 Å². The molecule has 0 radical (unpaired) electrons. The molecule has 1 aliphatic carbocycles. The lowest BCUT2D eigenvalue weighted by molar-refractivity contribution is 0.0962. The molecule has 1 atom stereocenters. The maximum absolute atomic E-state index is 13.3. The molecule has 0 amide bonds. The highest BCUT2D eigenvalue weighted by molar-refractivity contribution is 5.99. The summed E-state index contributed by atoms with van der Waals surface area (Å²) >= 11 is 0. The fraction of sp³-hybridized carbons (Fsp3) is 0.261. The van der Waals surface area contributed by atoms with Crippen molar-refractivity contribution in [3.8, 4) is 0 Å². The third-order valence-electron chi connectivity index (χ3n) is 5.77. The first kappa shape index (κ1) is 17.0. The van der Waals surface area contributed by atoms with Crippen molar-refractivity contribution < 1.29 is 9.18 Å². The maximum atomic E-state index is 13.3. The highest BCUT2D eigenvalue weighted by Crippen LogP contribution is 2.36. The van der Waals surface area contributed by atoms with Gasteiger partial charge < -0.3 is 4.90 Å². The molecule has 0 saturated carbocycles. The third-order valence-corrected chi connectivity index (χ3v) is 5.77. The minimum Gasteiger partial charge on any atom is -0.310 e. The highest BCUT2D eigenvalue weighted by Gasteiger charge is 2.31. The van der Waals surface area contributed by atoms with Crippen molar-refractivity contribution in [2.45, 2.75) is 32.1 Å². The summed E-state index contributed by atoms with van der Waals surface area (Å²) in [4.78, 5) is 24.4. The van der Waals surface area contributed by atoms with E-state index < -0.39 is 0 Å². The standard InChI is InChI=1S/C23H20FN3O/c1-14-22-19(12-17(13-21(22)28)15-6-8-18(24)9-7-15)26-23(25-14)27-11-10-16-4-2-3-5-20(16)27/h2-9,17H,10-13H2,1H3/t17-/m0/s1. The van der Waals surface area contributed by atoms with Gasteiger partial charge in [-0.1, -0.05) is 30.3 Å². The number of para-hydroxylation sites is 1. The number of hydrogen-bond donors (Lipinski definition) is 0. The fourth-order valence-electron chi connectivity index (χ4n) is 4.40. The molecule has 5 rings (SSSR count). The quantitative estimate of drug-likeness (QED) is 0.662. The van der Waals surface area contributed by atoms with E-state index in [2.05, 4.69) is 22.0 Å². The number of Topliss-reactive ketones (excluding diaryl/α,β-unsaturated/α-hetero) is 1. The van der Waals surface area contributed by atoms with Crippen molar-refractivity contribution in [1.29, 1.82) is 0 Å². The molecule has 4 nitrogen and oxygen atoms in total. The van der Waals surface area contributed by atoms with Crippen LogP contribution >= 0.6 is 0 Å². The first-order valence-corrected chi connectivity index (χ1v) is 9.62. The number of anilines is 2. The highest BCUT2D eigenvalue weighted by atomic mass is 19.1. The molecule has 0 saturated heterocycles. The molecule has 1 aromatic heterocycles. The summed E-state index contributed by atoms with van der Waals surface area (Å²) in [7, 11) is 0. The molecule has 0 bridgehead atoms. The molecule has 140 valence electrons. The van der Waals surface area contributed by atoms with Crippen molar-refractivity contribution in [3.63, 3.8) is 0 Å². The molecule has 2 heterocycles. The zero-order valence-corrected chi connectivity index (χ0v) is 15.7. The van der Waals surface area contributed by atoms with Gasteiger partial charge in [-0.2, -0.15) is 0 Å². The number of rotatable bonds is 2. The number of carbonyl (C=O) groups is 1. The number of ketones is 1. The Bertz CT molecular complexity index is 1080. The zero-order valence-electron chi connectivity index (χ0n) is 15.7. The molecular weight excluding hydrogens is 353 g/mol. The number of carbonyl (C=O) groups excluding carboxylic acids is 1. The molecule has 2 aliphatic rings. The predicted octanol–water partition coefficient (Wildman–Crippen LogP) is 4.53. The van der Waals surface area contributed by atoms with Gasteiger partial charge in [-0.05, 0) is 55.0 Å². The van der Waals surface area contributed by atoms with E-state index in [0.29, 0.717) is 24.4 Å². The van der Waals surface area contributed by atoms with Crippen LogP contribution in [0.4, 0.5) is 16.0 Å². The summed E-state index contributed by atoms with van der Waals surface area (Å²) in [6.07, 6.45) is 2.04. The van der Waals surface area contributed by atoms with Crippen LogP contribution in [0.5, 0.6) is 0 Å². The summed E-state index contributed by atoms with van der Waals surface area (Å²) in [6, 6.07) is 14.7. The van der Waals surface area contributed by atoms with E-state index in [4.69, 9.17) is 4.98 Å². The Morgan fingerprint density at radius 3 is 2.64 bits per heavy atom. The average molecular weight is 373 g/mol. The zero-order chi connectivity index (χ0) is 19.3. The predicted molar refractivity (Wildman–Crippen MR) is 106 cm³/mol. The maximum Gasteiger partial charge on any atom is 0.230 e. The van der Waals surface area contributed by atoms with Crippen LogP contribution in [0.1, 0.15) is 45.2 Å². The number of benzene rings is 2. The van der Waals surface area contributed by atoms with Crippen LogP contribution in [-0.2, 0) is 12.8 Å². The Morgan fingerprint density at radius 1 is 1.04 bits per heavy atom. The van der Waals surface area contributed by atoms with Crippen LogP contribution in [0.25, 0.3) is 0 Å². The van der Waals surface area contributed by atoms with E-state index >= 15 is 0 Å². The summed E-state index contributed by atoms with van der Waals surface area (Å²) in [6.45, 7) is 2.73. The number of hydrogen-bond acceptors (Lipinski definition) is 4. The number of aromatic nitrogens is 2. The van der Waals surface area contributed by atoms with Gasteiger partial charge in [-0.15, -0.1) is 0 Å². The Balaban J connectivity index is 1.53. The molecule has 0 fully saturated rings. The van der Waals surface area contributed by atoms with Crippen molar-refractivity contribution in [2.75, 3.05) is 11.4 Å². The van der Waals surface area contributed by atoms with Gasteiger partial charge in [0.25, 0.3) is 0 Å². The van der Waals surface area contributed by atoms with Crippen LogP contribution in [0.3, 0.4) is 0 Å². The summed E-state index contributed by atoms with van der Waals surface area (Å²) < 4.78 is 13.3. The number of fused-ring (bicyclic) bond motifs is 2. The van der Waals surface area contributed by atoms with Gasteiger partial charge in [0.15, 0.2) is 5.78 Å². The molecule has 28 heavy (non-hydrogen) atoms. The van der Waals surface area contributed by atoms with E-state index in [1.807, 2.05) is 19.1 Å². The smallest absolute Gasteiger partial charge is 0.230 e. The second-order valence-electron chi connectivity index (χ2n) is 7.54. The van der Waals surface area contributed by atoms with E-state index in [1.54, 1.807) is 12.1 Å². The minimum atomic E-state index is -0.264. The SMILES string of the molecule is Cc1nc(N2CCc3ccccc32)nc2c1C(=O)C[C@@H](c1ccc(F)cc1)C2. The molecule has 3 aromatic rings. The lowest BCUT2D eigenvalue weighted by atomic mass is 9.81. The normalized spacial score (nSPS) is 18.1. The Hall–Kier alpha value is -3.08. The van der Waals surface area contributed by atoms with Gasteiger partial charge in [-0.25, -0.2) is 14.4 Å². The van der Waals surface area contributed by atoms with Crippen molar-refractivity contribution in [1.82, 2.24) is 9.97 Å². The van der Waals surface area contributed by atoms with Gasteiger partial charge in [-0.3, -0.25) is 4.79 Å². The molecule has 2 aromatic carbocycles. The fourth-order valence-corrected chi connectivity index (χ4v) is 4.40. The largest absolute Gasteiger partial charge is 0.310 e. The number of nitrogens with zero attached hydrogens (tertiary/aromatic N) is 3. The molecule has 0 N–H and O–H groups in total. The van der Waals surface area contributed by atoms with E-state index in [0.717, 1.165) is 35.6 Å². The van der Waals surface area contributed by atoms with Crippen molar-refractivity contribution in [2.24, 2.45) is 0 Å². The van der Waals surface area contributed by atoms with E-state index in [1.165, 1.54) is 17.7 Å². The van der Waals surface area contributed by atoms with Gasteiger partial charge >= 0.3 is 0 Å². The third kappa shape index (κ3) is 2.78. The van der Waals surface area contributed by atoms with Gasteiger partial charge in [0.1, 0.15) is 5.82 Å². The molecule has 1 aliphatic heterocycles. The first-order chi connectivity index (χ1) is 13.6. The molecular formula is C23H20FN3O. The lowest BCUT2D eigenvalue weighted by Crippen LogP contribution is -2.25. The van der Waals surface area contributed by atoms with Crippen LogP contribution in [0, 0.1) is 12.7 Å². The second kappa shape index (κ2) is 6.51. The van der Waals surface area contributed by atoms with Gasteiger partial charge in [0.2, 0.25) is 5.95 Å². The van der Waals surface area contributed by atoms with Crippen LogP contribution in [0.2, 0.25) is 0 Å². The number of aryl methyl sites for hydroxylation is 1. The van der Waals surface area contributed by atoms with Crippen LogP contribution in [0.15, 0.2) is 48.5 Å². The average Bonchev–Trinajstić information content (AvgIpc) is 3.12. The summed E-state index contributed by atoms with van der Waals surface area (Å²) in [5.41, 5.74) is 5.62. The Morgan fingerprint density at radius 2 is 1.82 bits per heavy atom. The monoisotopic (exact) mass is 373 g/mol. The second-order valence-corrected chi connectivity index (χ2v) is 7.54. The van der Waals surface area contributed by atoms with Gasteiger partial charge in [0.05, 0.1) is 17.0 Å². The summed E-state index contributed by atoms with van der Waals surface area (Å²) in [5.74, 6) is 0.489. The lowest BCUT2D eigenvalue weighted by Gasteiger charge is -2.26. The molecule has 0 unspecified atom stereocenters.